The van der Waals surface area contributed by atoms with Crippen molar-refractivity contribution in [2.45, 2.75) is 26.4 Å². The van der Waals surface area contributed by atoms with Crippen LogP contribution in [-0.4, -0.2) is 16.0 Å². The van der Waals surface area contributed by atoms with Gasteiger partial charge >= 0.3 is 0 Å². The molecule has 0 amide bonds. The molecular weight excluding hydrogens is 302 g/mol. The molecule has 5 heteroatoms. The second-order valence-electron chi connectivity index (χ2n) is 5.13. The van der Waals surface area contributed by atoms with Crippen LogP contribution in [0.5, 0.6) is 0 Å². The van der Waals surface area contributed by atoms with Gasteiger partial charge in [-0.3, -0.25) is 0 Å². The summed E-state index contributed by atoms with van der Waals surface area (Å²) in [7, 11) is 0. The van der Waals surface area contributed by atoms with Gasteiger partial charge in [-0.05, 0) is 49.0 Å². The number of halogens is 1. The molecule has 0 fully saturated rings. The van der Waals surface area contributed by atoms with Crippen molar-refractivity contribution in [2.75, 3.05) is 4.90 Å². The molecule has 0 radical (unpaired) electrons. The molecule has 0 saturated carbocycles. The minimum absolute atomic E-state index is 0.292. The largest absolute Gasteiger partial charge is 0.348 e. The highest BCUT2D eigenvalue weighted by Gasteiger charge is 2.17. The van der Waals surface area contributed by atoms with Crippen LogP contribution in [0, 0.1) is 0 Å². The van der Waals surface area contributed by atoms with Gasteiger partial charge in [0.05, 0.1) is 12.1 Å². The fourth-order valence-electron chi connectivity index (χ4n) is 2.32. The molecule has 21 heavy (non-hydrogen) atoms. The molecule has 0 aliphatic heterocycles. The minimum atomic E-state index is 0.292. The zero-order valence-electron chi connectivity index (χ0n) is 12.0. The first kappa shape index (κ1) is 14.3. The molecule has 3 nitrogen and oxygen atoms in total. The van der Waals surface area contributed by atoms with Crippen molar-refractivity contribution in [3.63, 3.8) is 0 Å². The number of para-hydroxylation sites is 1. The predicted molar refractivity (Wildman–Crippen MR) is 90.2 cm³/mol. The van der Waals surface area contributed by atoms with Crippen molar-refractivity contribution < 1.29 is 0 Å². The highest BCUT2D eigenvalue weighted by Crippen LogP contribution is 2.28. The third kappa shape index (κ3) is 3.01. The van der Waals surface area contributed by atoms with Crippen LogP contribution >= 0.6 is 22.9 Å². The van der Waals surface area contributed by atoms with E-state index in [1.54, 1.807) is 11.3 Å². The number of rotatable bonds is 4. The van der Waals surface area contributed by atoms with E-state index in [4.69, 9.17) is 11.6 Å². The van der Waals surface area contributed by atoms with Crippen LogP contribution in [0.15, 0.2) is 41.8 Å². The van der Waals surface area contributed by atoms with E-state index in [0.717, 1.165) is 23.3 Å². The van der Waals surface area contributed by atoms with Gasteiger partial charge in [-0.1, -0.05) is 18.2 Å². The fraction of sp³-hybridized carbons (Fsp3) is 0.250. The molecule has 0 N–H and O–H groups in total. The molecule has 0 bridgehead atoms. The second-order valence-corrected chi connectivity index (χ2v) is 6.50. The average Bonchev–Trinajstić information content (AvgIpc) is 2.96. The molecule has 1 aromatic carbocycles. The molecule has 3 aromatic rings. The Morgan fingerprint density at radius 3 is 2.67 bits per heavy atom. The highest BCUT2D eigenvalue weighted by molar-refractivity contribution is 7.09. The van der Waals surface area contributed by atoms with Crippen molar-refractivity contribution >= 4 is 39.7 Å². The van der Waals surface area contributed by atoms with E-state index in [0.29, 0.717) is 11.3 Å². The lowest BCUT2D eigenvalue weighted by atomic mass is 10.2. The van der Waals surface area contributed by atoms with E-state index in [1.807, 2.05) is 24.3 Å². The topological polar surface area (TPSA) is 29.0 Å². The lowest BCUT2D eigenvalue weighted by molar-refractivity contribution is 0.679. The lowest BCUT2D eigenvalue weighted by Crippen LogP contribution is -2.31. The Kier molecular flexibility index (Phi) is 4.08. The summed E-state index contributed by atoms with van der Waals surface area (Å²) in [5, 5.41) is 3.42. The summed E-state index contributed by atoms with van der Waals surface area (Å²) in [4.78, 5) is 12.4. The Labute approximate surface area is 133 Å². The Balaban J connectivity index is 2.10. The summed E-state index contributed by atoms with van der Waals surface area (Å²) < 4.78 is 0. The Morgan fingerprint density at radius 2 is 1.95 bits per heavy atom. The number of nitrogens with zero attached hydrogens (tertiary/aromatic N) is 3. The molecule has 2 aromatic heterocycles. The van der Waals surface area contributed by atoms with E-state index in [2.05, 4.69) is 46.2 Å². The smallest absolute Gasteiger partial charge is 0.224 e. The number of hydrogen-bond acceptors (Lipinski definition) is 4. The molecule has 0 spiro atoms. The maximum atomic E-state index is 6.11. The third-order valence-electron chi connectivity index (χ3n) is 3.36. The van der Waals surface area contributed by atoms with Crippen LogP contribution < -0.4 is 4.90 Å². The van der Waals surface area contributed by atoms with Gasteiger partial charge in [-0.15, -0.1) is 11.3 Å². The van der Waals surface area contributed by atoms with E-state index >= 15 is 0 Å². The standard InChI is InChI=1S/C16H16ClN3S/c1-11(2)20(10-12-6-5-9-21-12)15-13-7-3-4-8-14(13)18-16(17)19-15/h3-9,11H,10H2,1-2H3. The summed E-state index contributed by atoms with van der Waals surface area (Å²) >= 11 is 7.86. The molecule has 0 unspecified atom stereocenters. The van der Waals surface area contributed by atoms with Crippen LogP contribution in [-0.2, 0) is 6.54 Å². The van der Waals surface area contributed by atoms with E-state index in [9.17, 15) is 0 Å². The van der Waals surface area contributed by atoms with Crippen molar-refractivity contribution in [3.8, 4) is 0 Å². The normalized spacial score (nSPS) is 11.2. The molecule has 0 aliphatic carbocycles. The number of hydrogen-bond donors (Lipinski definition) is 0. The average molecular weight is 318 g/mol. The predicted octanol–water partition coefficient (Wildman–Crippen LogP) is 4.76. The number of anilines is 1. The first-order valence-corrected chi connectivity index (χ1v) is 8.12. The SMILES string of the molecule is CC(C)N(Cc1cccs1)c1nc(Cl)nc2ccccc12. The van der Waals surface area contributed by atoms with Gasteiger partial charge in [0.1, 0.15) is 5.82 Å². The first-order chi connectivity index (χ1) is 10.1. The van der Waals surface area contributed by atoms with Crippen LogP contribution in [0.25, 0.3) is 10.9 Å². The lowest BCUT2D eigenvalue weighted by Gasteiger charge is -2.28. The van der Waals surface area contributed by atoms with E-state index in [-0.39, 0.29) is 0 Å². The van der Waals surface area contributed by atoms with Gasteiger partial charge in [0.15, 0.2) is 0 Å². The molecule has 2 heterocycles. The Bertz CT molecular complexity index is 740. The summed E-state index contributed by atoms with van der Waals surface area (Å²) in [5.41, 5.74) is 0.879. The van der Waals surface area contributed by atoms with Crippen LogP contribution in [0.3, 0.4) is 0 Å². The van der Waals surface area contributed by atoms with Crippen molar-refractivity contribution in [3.05, 3.63) is 51.9 Å². The number of aromatic nitrogens is 2. The summed E-state index contributed by atoms with van der Waals surface area (Å²) in [6, 6.07) is 12.5. The van der Waals surface area contributed by atoms with Gasteiger partial charge in [0.2, 0.25) is 5.28 Å². The molecule has 0 atom stereocenters. The van der Waals surface area contributed by atoms with Gasteiger partial charge in [-0.2, -0.15) is 4.98 Å². The van der Waals surface area contributed by atoms with Gasteiger partial charge < -0.3 is 4.90 Å². The molecule has 108 valence electrons. The second kappa shape index (κ2) is 6.00. The van der Waals surface area contributed by atoms with E-state index in [1.165, 1.54) is 4.88 Å². The van der Waals surface area contributed by atoms with Gasteiger partial charge in [-0.25, -0.2) is 4.98 Å². The van der Waals surface area contributed by atoms with E-state index < -0.39 is 0 Å². The molecular formula is C16H16ClN3S. The van der Waals surface area contributed by atoms with Gasteiger partial charge in [0.25, 0.3) is 0 Å². The molecule has 3 rings (SSSR count). The Morgan fingerprint density at radius 1 is 1.14 bits per heavy atom. The molecule has 0 aliphatic rings. The zero-order chi connectivity index (χ0) is 14.8. The zero-order valence-corrected chi connectivity index (χ0v) is 13.5. The maximum absolute atomic E-state index is 6.11. The number of benzene rings is 1. The summed E-state index contributed by atoms with van der Waals surface area (Å²) in [6.07, 6.45) is 0. The van der Waals surface area contributed by atoms with Gasteiger partial charge in [0, 0.05) is 16.3 Å². The van der Waals surface area contributed by atoms with Crippen LogP contribution in [0.1, 0.15) is 18.7 Å². The van der Waals surface area contributed by atoms with Crippen molar-refractivity contribution in [2.24, 2.45) is 0 Å². The van der Waals surface area contributed by atoms with Crippen LogP contribution in [0.2, 0.25) is 5.28 Å². The monoisotopic (exact) mass is 317 g/mol. The highest BCUT2D eigenvalue weighted by atomic mass is 35.5. The first-order valence-electron chi connectivity index (χ1n) is 6.86. The minimum Gasteiger partial charge on any atom is -0.348 e. The quantitative estimate of drug-likeness (QED) is 0.650. The molecule has 0 saturated heterocycles. The number of fused-ring (bicyclic) bond motifs is 1. The van der Waals surface area contributed by atoms with Crippen molar-refractivity contribution in [1.82, 2.24) is 9.97 Å². The number of thiophene rings is 1. The third-order valence-corrected chi connectivity index (χ3v) is 4.39. The Hall–Kier alpha value is -1.65. The summed E-state index contributed by atoms with van der Waals surface area (Å²) in [5.74, 6) is 0.897. The van der Waals surface area contributed by atoms with Crippen molar-refractivity contribution in [1.29, 1.82) is 0 Å². The maximum Gasteiger partial charge on any atom is 0.224 e. The van der Waals surface area contributed by atoms with Crippen LogP contribution in [0.4, 0.5) is 5.82 Å². The summed E-state index contributed by atoms with van der Waals surface area (Å²) in [6.45, 7) is 5.16. The fourth-order valence-corrected chi connectivity index (χ4v) is 3.20.